The van der Waals surface area contributed by atoms with Crippen molar-refractivity contribution in [1.29, 1.82) is 0 Å². The van der Waals surface area contributed by atoms with E-state index in [1.165, 1.54) is 20.3 Å². The molecule has 208 valence electrons. The van der Waals surface area contributed by atoms with Gasteiger partial charge >= 0.3 is 5.97 Å². The van der Waals surface area contributed by atoms with Crippen molar-refractivity contribution in [3.63, 3.8) is 0 Å². The molecule has 0 saturated carbocycles. The summed E-state index contributed by atoms with van der Waals surface area (Å²) in [5.74, 6) is -0.255. The molecule has 10 nitrogen and oxygen atoms in total. The van der Waals surface area contributed by atoms with E-state index in [0.717, 1.165) is 37.6 Å². The summed E-state index contributed by atoms with van der Waals surface area (Å²) < 4.78 is 21.5. The van der Waals surface area contributed by atoms with Crippen LogP contribution in [0.15, 0.2) is 57.7 Å². The van der Waals surface area contributed by atoms with Crippen molar-refractivity contribution >= 4 is 11.7 Å². The molecule has 1 fully saturated rings. The summed E-state index contributed by atoms with van der Waals surface area (Å²) >= 11 is 0. The minimum absolute atomic E-state index is 0.0196. The maximum Gasteiger partial charge on any atom is 0.306 e. The van der Waals surface area contributed by atoms with Gasteiger partial charge in [0.05, 0.1) is 46.8 Å². The van der Waals surface area contributed by atoms with Crippen molar-refractivity contribution in [2.75, 3.05) is 52.4 Å². The fourth-order valence-electron chi connectivity index (χ4n) is 4.80. The van der Waals surface area contributed by atoms with Crippen molar-refractivity contribution in [1.82, 2.24) is 4.90 Å². The van der Waals surface area contributed by atoms with Crippen molar-refractivity contribution in [2.45, 2.75) is 25.5 Å². The largest absolute Gasteiger partial charge is 0.502 e. The molecule has 1 saturated heterocycles. The second kappa shape index (κ2) is 12.7. The Hall–Kier alpha value is -4.02. The Morgan fingerprint density at radius 1 is 1.00 bits per heavy atom. The first kappa shape index (κ1) is 28.0. The lowest BCUT2D eigenvalue weighted by Gasteiger charge is -2.36. The fourth-order valence-corrected chi connectivity index (χ4v) is 4.80. The quantitative estimate of drug-likeness (QED) is 0.373. The Morgan fingerprint density at radius 2 is 1.72 bits per heavy atom. The van der Waals surface area contributed by atoms with E-state index in [-0.39, 0.29) is 18.8 Å². The Labute approximate surface area is 226 Å². The van der Waals surface area contributed by atoms with Gasteiger partial charge in [0.25, 0.3) is 0 Å². The van der Waals surface area contributed by atoms with Crippen molar-refractivity contribution in [3.8, 4) is 17.2 Å². The number of carbonyl (C=O) groups excluding carboxylic acids is 1. The summed E-state index contributed by atoms with van der Waals surface area (Å²) in [4.78, 5) is 29.5. The minimum Gasteiger partial charge on any atom is -0.502 e. The molecular formula is C29H34N2O8. The monoisotopic (exact) mass is 538 g/mol. The van der Waals surface area contributed by atoms with Gasteiger partial charge in [-0.3, -0.25) is 14.5 Å². The number of rotatable bonds is 10. The number of ether oxygens (including phenoxy) is 3. The molecule has 3 aromatic rings. The number of piperazine rings is 1. The van der Waals surface area contributed by atoms with E-state index in [1.54, 1.807) is 25.3 Å². The molecule has 0 radical (unpaired) electrons. The molecule has 0 bridgehead atoms. The van der Waals surface area contributed by atoms with Crippen LogP contribution < -0.4 is 19.8 Å². The second-order valence-electron chi connectivity index (χ2n) is 9.31. The van der Waals surface area contributed by atoms with E-state index in [1.807, 2.05) is 24.3 Å². The van der Waals surface area contributed by atoms with Crippen molar-refractivity contribution in [2.24, 2.45) is 0 Å². The normalized spacial score (nSPS) is 14.6. The minimum atomic E-state index is -0.812. The highest BCUT2D eigenvalue weighted by Crippen LogP contribution is 2.35. The first-order valence-electron chi connectivity index (χ1n) is 12.7. The number of aliphatic hydroxyl groups excluding tert-OH is 1. The molecule has 2 heterocycles. The third-order valence-corrected chi connectivity index (χ3v) is 6.98. The van der Waals surface area contributed by atoms with E-state index in [9.17, 15) is 19.8 Å². The molecule has 2 aromatic carbocycles. The van der Waals surface area contributed by atoms with Crippen LogP contribution in [0.2, 0.25) is 0 Å². The summed E-state index contributed by atoms with van der Waals surface area (Å²) in [6.07, 6.45) is -0.172. The van der Waals surface area contributed by atoms with Crippen LogP contribution in [0, 0.1) is 0 Å². The lowest BCUT2D eigenvalue weighted by Crippen LogP contribution is -2.46. The Morgan fingerprint density at radius 3 is 2.33 bits per heavy atom. The van der Waals surface area contributed by atoms with Crippen LogP contribution in [0.5, 0.6) is 17.2 Å². The van der Waals surface area contributed by atoms with Gasteiger partial charge in [0, 0.05) is 43.5 Å². The average Bonchev–Trinajstić information content (AvgIpc) is 2.97. The van der Waals surface area contributed by atoms with Crippen LogP contribution >= 0.6 is 0 Å². The lowest BCUT2D eigenvalue weighted by atomic mass is 9.91. The first-order valence-corrected chi connectivity index (χ1v) is 12.7. The molecule has 10 heteroatoms. The topological polar surface area (TPSA) is 122 Å². The summed E-state index contributed by atoms with van der Waals surface area (Å²) in [5.41, 5.74) is 1.58. The highest BCUT2D eigenvalue weighted by atomic mass is 16.5. The third kappa shape index (κ3) is 6.52. The number of methoxy groups -OCH3 is 3. The van der Waals surface area contributed by atoms with Gasteiger partial charge in [0.1, 0.15) is 17.3 Å². The SMILES string of the molecule is COC(=O)C[C@@H](c1ccc(OC)c(CO)c1)c1oc(CN2CCN(c3ccc(OC)cc3)CC2)cc(=O)c1O. The summed E-state index contributed by atoms with van der Waals surface area (Å²) in [7, 11) is 4.40. The molecule has 4 rings (SSSR count). The maximum atomic E-state index is 12.8. The zero-order valence-corrected chi connectivity index (χ0v) is 22.4. The molecule has 1 aliphatic heterocycles. The van der Waals surface area contributed by atoms with E-state index >= 15 is 0 Å². The molecule has 0 unspecified atom stereocenters. The van der Waals surface area contributed by atoms with Gasteiger partial charge in [0.15, 0.2) is 5.76 Å². The molecule has 39 heavy (non-hydrogen) atoms. The van der Waals surface area contributed by atoms with Crippen molar-refractivity contribution in [3.05, 3.63) is 81.4 Å². The Balaban J connectivity index is 1.56. The van der Waals surface area contributed by atoms with Gasteiger partial charge in [-0.1, -0.05) is 6.07 Å². The molecule has 2 N–H and O–H groups in total. The molecule has 0 amide bonds. The smallest absolute Gasteiger partial charge is 0.306 e. The number of hydrogen-bond acceptors (Lipinski definition) is 10. The number of carbonyl (C=O) groups is 1. The van der Waals surface area contributed by atoms with E-state index < -0.39 is 23.1 Å². The molecule has 1 aliphatic rings. The van der Waals surface area contributed by atoms with Gasteiger partial charge in [-0.25, -0.2) is 0 Å². The van der Waals surface area contributed by atoms with Crippen LogP contribution in [-0.4, -0.2) is 68.6 Å². The number of benzene rings is 2. The number of nitrogens with zero attached hydrogens (tertiary/aromatic N) is 2. The number of anilines is 1. The summed E-state index contributed by atoms with van der Waals surface area (Å²) in [6, 6.07) is 14.2. The van der Waals surface area contributed by atoms with Gasteiger partial charge < -0.3 is 33.7 Å². The number of aliphatic hydroxyl groups is 1. The summed E-state index contributed by atoms with van der Waals surface area (Å²) in [5, 5.41) is 20.5. The van der Waals surface area contributed by atoms with Crippen LogP contribution in [0.25, 0.3) is 0 Å². The van der Waals surface area contributed by atoms with Gasteiger partial charge in [-0.05, 0) is 42.0 Å². The standard InChI is InChI=1S/C29H34N2O8/c1-36-22-7-5-21(6-8-22)31-12-10-30(11-13-31)17-23-15-25(33)28(35)29(39-23)24(16-27(34)38-3)19-4-9-26(37-2)20(14-19)18-32/h4-9,14-15,24,32,35H,10-13,16-18H2,1-3H3/t24-/m0/s1. The van der Waals surface area contributed by atoms with Crippen LogP contribution in [0.4, 0.5) is 5.69 Å². The lowest BCUT2D eigenvalue weighted by molar-refractivity contribution is -0.140. The van der Waals surface area contributed by atoms with Crippen LogP contribution in [0.1, 0.15) is 35.0 Å². The first-order chi connectivity index (χ1) is 18.9. The number of aromatic hydroxyl groups is 1. The summed E-state index contributed by atoms with van der Waals surface area (Å²) in [6.45, 7) is 3.16. The Bertz CT molecular complexity index is 1330. The molecule has 1 atom stereocenters. The number of hydrogen-bond donors (Lipinski definition) is 2. The third-order valence-electron chi connectivity index (χ3n) is 6.98. The second-order valence-corrected chi connectivity index (χ2v) is 9.31. The highest BCUT2D eigenvalue weighted by Gasteiger charge is 2.28. The van der Waals surface area contributed by atoms with Gasteiger partial charge in [-0.15, -0.1) is 0 Å². The molecule has 0 spiro atoms. The van der Waals surface area contributed by atoms with Gasteiger partial charge in [-0.2, -0.15) is 0 Å². The van der Waals surface area contributed by atoms with E-state index in [4.69, 9.17) is 18.6 Å². The van der Waals surface area contributed by atoms with E-state index in [0.29, 0.717) is 29.2 Å². The number of esters is 1. The fraction of sp³-hybridized carbons (Fsp3) is 0.379. The average molecular weight is 539 g/mol. The van der Waals surface area contributed by atoms with Crippen LogP contribution in [-0.2, 0) is 22.7 Å². The van der Waals surface area contributed by atoms with Crippen molar-refractivity contribution < 1.29 is 33.6 Å². The molecule has 1 aromatic heterocycles. The zero-order chi connectivity index (χ0) is 27.9. The molecule has 0 aliphatic carbocycles. The van der Waals surface area contributed by atoms with E-state index in [2.05, 4.69) is 9.80 Å². The highest BCUT2D eigenvalue weighted by molar-refractivity contribution is 5.71. The molecular weight excluding hydrogens is 504 g/mol. The van der Waals surface area contributed by atoms with Gasteiger partial charge in [0.2, 0.25) is 11.2 Å². The van der Waals surface area contributed by atoms with Crippen LogP contribution in [0.3, 0.4) is 0 Å². The predicted octanol–water partition coefficient (Wildman–Crippen LogP) is 2.87. The predicted molar refractivity (Wildman–Crippen MR) is 145 cm³/mol. The maximum absolute atomic E-state index is 12.8. The Kier molecular flexibility index (Phi) is 9.11. The zero-order valence-electron chi connectivity index (χ0n) is 22.4.